The number of pyridine rings is 3. The number of carbonyl (C=O) groups is 1. The van der Waals surface area contributed by atoms with Gasteiger partial charge in [-0.25, -0.2) is 9.50 Å². The van der Waals surface area contributed by atoms with Crippen LogP contribution >= 0.6 is 0 Å². The number of rotatable bonds is 3. The lowest BCUT2D eigenvalue weighted by molar-refractivity contribution is 0.0689. The number of imidazole rings is 1. The second-order valence-corrected chi connectivity index (χ2v) is 9.34. The van der Waals surface area contributed by atoms with Crippen LogP contribution in [-0.4, -0.2) is 46.9 Å². The van der Waals surface area contributed by atoms with E-state index in [2.05, 4.69) is 32.2 Å². The van der Waals surface area contributed by atoms with E-state index in [1.165, 1.54) is 0 Å². The van der Waals surface area contributed by atoms with Gasteiger partial charge in [-0.2, -0.15) is 5.10 Å². The topological polar surface area (TPSA) is 92.1 Å². The molecule has 7 rings (SSSR count). The molecular weight excluding hydrogens is 462 g/mol. The molecule has 0 radical (unpaired) electrons. The average Bonchev–Trinajstić information content (AvgIpc) is 3.59. The predicted molar refractivity (Wildman–Crippen MR) is 140 cm³/mol. The maximum atomic E-state index is 14.0. The molecular formula is C29H23N7O. The summed E-state index contributed by atoms with van der Waals surface area (Å²) in [6, 6.07) is 19.6. The monoisotopic (exact) mass is 485 g/mol. The lowest BCUT2D eigenvalue weighted by Gasteiger charge is -2.34. The van der Waals surface area contributed by atoms with Gasteiger partial charge in [0.25, 0.3) is 5.91 Å². The van der Waals surface area contributed by atoms with Gasteiger partial charge in [-0.3, -0.25) is 14.8 Å². The Morgan fingerprint density at radius 2 is 1.89 bits per heavy atom. The van der Waals surface area contributed by atoms with Gasteiger partial charge < -0.3 is 9.88 Å². The SMILES string of the molecule is Cc1cccc(-c2ccc3c(C(=O)N4CCc5[nH]cnc5[C@H]4c4cc5ccccc5cn4)cnn3c2)n1. The average molecular weight is 486 g/mol. The minimum absolute atomic E-state index is 0.0926. The molecule has 5 aromatic heterocycles. The lowest BCUT2D eigenvalue weighted by Crippen LogP contribution is -2.41. The summed E-state index contributed by atoms with van der Waals surface area (Å²) in [5, 5.41) is 6.66. The minimum Gasteiger partial charge on any atom is -0.348 e. The third kappa shape index (κ3) is 3.57. The Morgan fingerprint density at radius 3 is 2.78 bits per heavy atom. The van der Waals surface area contributed by atoms with Crippen LogP contribution in [0.5, 0.6) is 0 Å². The molecule has 37 heavy (non-hydrogen) atoms. The van der Waals surface area contributed by atoms with Gasteiger partial charge in [0.2, 0.25) is 0 Å². The summed E-state index contributed by atoms with van der Waals surface area (Å²) in [7, 11) is 0. The number of H-pyrrole nitrogens is 1. The molecule has 0 bridgehead atoms. The fraction of sp³-hybridized carbons (Fsp3) is 0.138. The fourth-order valence-corrected chi connectivity index (χ4v) is 5.20. The van der Waals surface area contributed by atoms with E-state index in [0.717, 1.165) is 50.3 Å². The largest absolute Gasteiger partial charge is 0.348 e. The first-order chi connectivity index (χ1) is 18.2. The van der Waals surface area contributed by atoms with Crippen LogP contribution in [0.15, 0.2) is 85.6 Å². The number of aromatic nitrogens is 6. The summed E-state index contributed by atoms with van der Waals surface area (Å²) >= 11 is 0. The maximum absolute atomic E-state index is 14.0. The zero-order valence-corrected chi connectivity index (χ0v) is 20.2. The summed E-state index contributed by atoms with van der Waals surface area (Å²) < 4.78 is 1.75. The first-order valence-corrected chi connectivity index (χ1v) is 12.2. The van der Waals surface area contributed by atoms with Crippen molar-refractivity contribution < 1.29 is 4.79 Å². The highest BCUT2D eigenvalue weighted by Crippen LogP contribution is 2.35. The molecule has 0 unspecified atom stereocenters. The Bertz CT molecular complexity index is 1800. The Labute approximate surface area is 212 Å². The first-order valence-electron chi connectivity index (χ1n) is 12.2. The lowest BCUT2D eigenvalue weighted by atomic mass is 9.97. The van der Waals surface area contributed by atoms with Crippen molar-refractivity contribution in [1.82, 2.24) is 34.4 Å². The summed E-state index contributed by atoms with van der Waals surface area (Å²) in [6.45, 7) is 2.52. The van der Waals surface area contributed by atoms with Gasteiger partial charge in [-0.05, 0) is 42.6 Å². The third-order valence-corrected chi connectivity index (χ3v) is 7.05. The van der Waals surface area contributed by atoms with Crippen molar-refractivity contribution in [3.63, 3.8) is 0 Å². The molecule has 1 aromatic carbocycles. The number of carbonyl (C=O) groups excluding carboxylic acids is 1. The van der Waals surface area contributed by atoms with Crippen molar-refractivity contribution in [3.05, 3.63) is 114 Å². The number of amides is 1. The smallest absolute Gasteiger partial charge is 0.258 e. The molecule has 1 N–H and O–H groups in total. The van der Waals surface area contributed by atoms with Crippen molar-refractivity contribution in [1.29, 1.82) is 0 Å². The standard InChI is InChI=1S/C29H23N7O/c1-18-5-4-8-23(34-18)21-9-10-26-22(15-33-36(26)16-21)29(37)35-12-11-24-27(32-17-31-24)28(35)25-13-19-6-2-3-7-20(19)14-30-25/h2-10,13-17,28H,11-12H2,1H3,(H,31,32)/t28-/m1/s1. The van der Waals surface area contributed by atoms with E-state index in [1.54, 1.807) is 17.0 Å². The normalized spacial score (nSPS) is 15.3. The van der Waals surface area contributed by atoms with Gasteiger partial charge in [-0.1, -0.05) is 30.3 Å². The number of benzene rings is 1. The summed E-state index contributed by atoms with van der Waals surface area (Å²) in [4.78, 5) is 33.1. The molecule has 6 aromatic rings. The van der Waals surface area contributed by atoms with E-state index >= 15 is 0 Å². The highest BCUT2D eigenvalue weighted by molar-refractivity contribution is 6.01. The second-order valence-electron chi connectivity index (χ2n) is 9.34. The summed E-state index contributed by atoms with van der Waals surface area (Å²) in [5.41, 5.74) is 6.73. The molecule has 1 amide bonds. The van der Waals surface area contributed by atoms with Gasteiger partial charge >= 0.3 is 0 Å². The molecule has 1 atom stereocenters. The van der Waals surface area contributed by atoms with Crippen molar-refractivity contribution in [2.45, 2.75) is 19.4 Å². The van der Waals surface area contributed by atoms with Crippen molar-refractivity contribution >= 4 is 22.2 Å². The molecule has 0 aliphatic carbocycles. The quantitative estimate of drug-likeness (QED) is 0.390. The zero-order chi connectivity index (χ0) is 24.9. The number of nitrogens with zero attached hydrogens (tertiary/aromatic N) is 6. The second kappa shape index (κ2) is 8.37. The maximum Gasteiger partial charge on any atom is 0.258 e. The van der Waals surface area contributed by atoms with Crippen LogP contribution in [0.1, 0.15) is 39.2 Å². The summed E-state index contributed by atoms with van der Waals surface area (Å²) in [6.07, 6.45) is 7.83. The van der Waals surface area contributed by atoms with E-state index in [9.17, 15) is 4.79 Å². The Kier molecular flexibility index (Phi) is 4.85. The van der Waals surface area contributed by atoms with Crippen LogP contribution in [0.4, 0.5) is 0 Å². The highest BCUT2D eigenvalue weighted by atomic mass is 16.2. The van der Waals surface area contributed by atoms with Crippen LogP contribution in [0.3, 0.4) is 0 Å². The Morgan fingerprint density at radius 1 is 1.00 bits per heavy atom. The fourth-order valence-electron chi connectivity index (χ4n) is 5.20. The number of nitrogens with one attached hydrogen (secondary N) is 1. The van der Waals surface area contributed by atoms with Crippen LogP contribution in [0.2, 0.25) is 0 Å². The molecule has 8 nitrogen and oxygen atoms in total. The van der Waals surface area contributed by atoms with Crippen LogP contribution in [-0.2, 0) is 6.42 Å². The number of hydrogen-bond donors (Lipinski definition) is 1. The minimum atomic E-state index is -0.391. The summed E-state index contributed by atoms with van der Waals surface area (Å²) in [5.74, 6) is -0.0926. The van der Waals surface area contributed by atoms with Gasteiger partial charge in [0, 0.05) is 47.7 Å². The molecule has 0 spiro atoms. The number of aryl methyl sites for hydroxylation is 1. The van der Waals surface area contributed by atoms with Crippen LogP contribution in [0, 0.1) is 6.92 Å². The van der Waals surface area contributed by atoms with Gasteiger partial charge in [-0.15, -0.1) is 0 Å². The van der Waals surface area contributed by atoms with Crippen LogP contribution < -0.4 is 0 Å². The Balaban J connectivity index is 1.29. The molecule has 0 saturated heterocycles. The Hall–Kier alpha value is -4.85. The number of hydrogen-bond acceptors (Lipinski definition) is 5. The van der Waals surface area contributed by atoms with Gasteiger partial charge in [0.05, 0.1) is 40.7 Å². The molecule has 8 heteroatoms. The molecule has 1 aliphatic rings. The molecule has 1 aliphatic heterocycles. The van der Waals surface area contributed by atoms with Gasteiger partial charge in [0.15, 0.2) is 0 Å². The first kappa shape index (κ1) is 21.4. The highest BCUT2D eigenvalue weighted by Gasteiger charge is 2.36. The third-order valence-electron chi connectivity index (χ3n) is 7.05. The molecule has 0 fully saturated rings. The van der Waals surface area contributed by atoms with E-state index in [4.69, 9.17) is 4.98 Å². The van der Waals surface area contributed by atoms with Crippen molar-refractivity contribution in [3.8, 4) is 11.3 Å². The van der Waals surface area contributed by atoms with E-state index in [1.807, 2.05) is 72.7 Å². The molecule has 0 saturated carbocycles. The van der Waals surface area contributed by atoms with Crippen LogP contribution in [0.25, 0.3) is 27.5 Å². The van der Waals surface area contributed by atoms with E-state index in [0.29, 0.717) is 18.5 Å². The number of fused-ring (bicyclic) bond motifs is 3. The van der Waals surface area contributed by atoms with E-state index in [-0.39, 0.29) is 5.91 Å². The zero-order valence-electron chi connectivity index (χ0n) is 20.2. The van der Waals surface area contributed by atoms with Crippen molar-refractivity contribution in [2.75, 3.05) is 6.54 Å². The molecule has 180 valence electrons. The number of aromatic amines is 1. The predicted octanol–water partition coefficient (Wildman–Crippen LogP) is 4.76. The van der Waals surface area contributed by atoms with E-state index < -0.39 is 6.04 Å². The molecule has 6 heterocycles. The van der Waals surface area contributed by atoms with Crippen molar-refractivity contribution in [2.24, 2.45) is 0 Å². The van der Waals surface area contributed by atoms with Gasteiger partial charge in [0.1, 0.15) is 6.04 Å².